The van der Waals surface area contributed by atoms with Crippen LogP contribution in [0, 0.1) is 0 Å². The van der Waals surface area contributed by atoms with Crippen molar-refractivity contribution in [3.8, 4) is 0 Å². The van der Waals surface area contributed by atoms with Crippen LogP contribution >= 0.6 is 11.6 Å². The highest BCUT2D eigenvalue weighted by Gasteiger charge is 2.33. The molecule has 4 nitrogen and oxygen atoms in total. The van der Waals surface area contributed by atoms with Crippen LogP contribution in [-0.2, 0) is 5.54 Å². The van der Waals surface area contributed by atoms with Gasteiger partial charge in [0.05, 0.1) is 5.54 Å². The molecule has 2 aromatic rings. The standard InChI is InChI=1S/C16H20ClN3O/c1-16(2,3)20-15(18-14(19-20)10-7-8-10)13(21)11-5-4-6-12(17)9-11/h4-6,9-10,13,21H,7-8H2,1-3H3. The number of rotatable bonds is 3. The molecule has 3 rings (SSSR count). The van der Waals surface area contributed by atoms with Crippen LogP contribution < -0.4 is 0 Å². The highest BCUT2D eigenvalue weighted by molar-refractivity contribution is 6.30. The first-order valence-electron chi connectivity index (χ1n) is 7.27. The van der Waals surface area contributed by atoms with E-state index in [0.717, 1.165) is 24.2 Å². The van der Waals surface area contributed by atoms with Crippen LogP contribution in [0.25, 0.3) is 0 Å². The van der Waals surface area contributed by atoms with E-state index in [4.69, 9.17) is 11.6 Å². The van der Waals surface area contributed by atoms with E-state index in [-0.39, 0.29) is 5.54 Å². The van der Waals surface area contributed by atoms with Gasteiger partial charge in [0.1, 0.15) is 6.10 Å². The van der Waals surface area contributed by atoms with Gasteiger partial charge >= 0.3 is 0 Å². The third-order valence-electron chi connectivity index (χ3n) is 3.64. The Hall–Kier alpha value is -1.39. The molecule has 112 valence electrons. The van der Waals surface area contributed by atoms with Crippen molar-refractivity contribution in [3.63, 3.8) is 0 Å². The fraction of sp³-hybridized carbons (Fsp3) is 0.500. The lowest BCUT2D eigenvalue weighted by atomic mass is 10.1. The molecule has 0 aliphatic heterocycles. The van der Waals surface area contributed by atoms with E-state index < -0.39 is 6.10 Å². The Kier molecular flexibility index (Phi) is 3.54. The Morgan fingerprint density at radius 2 is 2.05 bits per heavy atom. The van der Waals surface area contributed by atoms with Crippen LogP contribution in [0.4, 0.5) is 0 Å². The maximum absolute atomic E-state index is 10.7. The summed E-state index contributed by atoms with van der Waals surface area (Å²) in [5.74, 6) is 1.89. The topological polar surface area (TPSA) is 50.9 Å². The van der Waals surface area contributed by atoms with E-state index in [1.165, 1.54) is 0 Å². The average molecular weight is 306 g/mol. The quantitative estimate of drug-likeness (QED) is 0.941. The fourth-order valence-corrected chi connectivity index (χ4v) is 2.55. The normalized spacial score (nSPS) is 17.0. The molecular weight excluding hydrogens is 286 g/mol. The first-order valence-corrected chi connectivity index (χ1v) is 7.65. The van der Waals surface area contributed by atoms with Crippen LogP contribution in [0.5, 0.6) is 0 Å². The van der Waals surface area contributed by atoms with E-state index in [9.17, 15) is 5.11 Å². The summed E-state index contributed by atoms with van der Waals surface area (Å²) < 4.78 is 1.84. The van der Waals surface area contributed by atoms with Gasteiger partial charge in [-0.3, -0.25) is 0 Å². The van der Waals surface area contributed by atoms with E-state index >= 15 is 0 Å². The largest absolute Gasteiger partial charge is 0.380 e. The van der Waals surface area contributed by atoms with Crippen molar-refractivity contribution < 1.29 is 5.11 Å². The third kappa shape index (κ3) is 2.97. The van der Waals surface area contributed by atoms with Gasteiger partial charge in [-0.25, -0.2) is 9.67 Å². The Labute approximate surface area is 129 Å². The zero-order valence-corrected chi connectivity index (χ0v) is 13.3. The molecule has 1 aliphatic rings. The van der Waals surface area contributed by atoms with Gasteiger partial charge in [0.2, 0.25) is 0 Å². The summed E-state index contributed by atoms with van der Waals surface area (Å²) in [4.78, 5) is 4.60. The molecule has 1 atom stereocenters. The van der Waals surface area contributed by atoms with Crippen molar-refractivity contribution in [2.24, 2.45) is 0 Å². The Morgan fingerprint density at radius 3 is 2.62 bits per heavy atom. The summed E-state index contributed by atoms with van der Waals surface area (Å²) in [5, 5.41) is 15.9. The van der Waals surface area contributed by atoms with E-state index in [2.05, 4.69) is 30.9 Å². The lowest BCUT2D eigenvalue weighted by Crippen LogP contribution is -2.27. The molecule has 21 heavy (non-hydrogen) atoms. The summed E-state index contributed by atoms with van der Waals surface area (Å²) in [6, 6.07) is 7.25. The van der Waals surface area contributed by atoms with Crippen molar-refractivity contribution >= 4 is 11.6 Å². The minimum absolute atomic E-state index is 0.227. The van der Waals surface area contributed by atoms with E-state index in [1.54, 1.807) is 12.1 Å². The molecule has 1 unspecified atom stereocenters. The fourth-order valence-electron chi connectivity index (χ4n) is 2.35. The Morgan fingerprint density at radius 1 is 1.33 bits per heavy atom. The first-order chi connectivity index (χ1) is 9.86. The Bertz CT molecular complexity index is 656. The third-order valence-corrected chi connectivity index (χ3v) is 3.87. The molecule has 1 aromatic carbocycles. The second-order valence-electron chi connectivity index (χ2n) is 6.64. The summed E-state index contributed by atoms with van der Waals surface area (Å²) >= 11 is 6.02. The van der Waals surface area contributed by atoms with Gasteiger partial charge in [-0.05, 0) is 51.3 Å². The van der Waals surface area contributed by atoms with Crippen LogP contribution in [-0.4, -0.2) is 19.9 Å². The first kappa shape index (κ1) is 14.5. The minimum Gasteiger partial charge on any atom is -0.380 e. The highest BCUT2D eigenvalue weighted by Crippen LogP contribution is 2.39. The molecule has 1 fully saturated rings. The number of benzene rings is 1. The van der Waals surface area contributed by atoms with E-state index in [0.29, 0.717) is 16.8 Å². The predicted octanol–water partition coefficient (Wildman–Crippen LogP) is 3.65. The zero-order chi connectivity index (χ0) is 15.2. The van der Waals surface area contributed by atoms with Gasteiger partial charge < -0.3 is 5.11 Å². The lowest BCUT2D eigenvalue weighted by molar-refractivity contribution is 0.189. The second-order valence-corrected chi connectivity index (χ2v) is 7.08. The molecule has 5 heteroatoms. The van der Waals surface area contributed by atoms with Gasteiger partial charge in [0.25, 0.3) is 0 Å². The molecule has 0 saturated heterocycles. The number of hydrogen-bond donors (Lipinski definition) is 1. The van der Waals surface area contributed by atoms with Crippen molar-refractivity contribution in [1.29, 1.82) is 0 Å². The van der Waals surface area contributed by atoms with Gasteiger partial charge in [-0.15, -0.1) is 0 Å². The second kappa shape index (κ2) is 5.11. The molecule has 1 N–H and O–H groups in total. The minimum atomic E-state index is -0.817. The maximum Gasteiger partial charge on any atom is 0.161 e. The number of aliphatic hydroxyl groups is 1. The Balaban J connectivity index is 2.03. The summed E-state index contributed by atoms with van der Waals surface area (Å²) in [6.45, 7) is 6.19. The molecule has 0 spiro atoms. The molecule has 1 aliphatic carbocycles. The number of hydrogen-bond acceptors (Lipinski definition) is 3. The van der Waals surface area contributed by atoms with Gasteiger partial charge in [-0.2, -0.15) is 5.10 Å². The van der Waals surface area contributed by atoms with Crippen molar-refractivity contribution in [3.05, 3.63) is 46.5 Å². The monoisotopic (exact) mass is 305 g/mol. The molecule has 0 amide bonds. The highest BCUT2D eigenvalue weighted by atomic mass is 35.5. The molecule has 1 aromatic heterocycles. The van der Waals surface area contributed by atoms with Gasteiger partial charge in [0.15, 0.2) is 11.6 Å². The molecule has 0 radical (unpaired) electrons. The molecular formula is C16H20ClN3O. The zero-order valence-electron chi connectivity index (χ0n) is 12.5. The molecule has 0 bridgehead atoms. The number of aromatic nitrogens is 3. The summed E-state index contributed by atoms with van der Waals surface area (Å²) in [5.41, 5.74) is 0.512. The van der Waals surface area contributed by atoms with Crippen molar-refractivity contribution in [2.45, 2.75) is 51.2 Å². The number of halogens is 1. The van der Waals surface area contributed by atoms with Crippen molar-refractivity contribution in [2.75, 3.05) is 0 Å². The van der Waals surface area contributed by atoms with Crippen LogP contribution in [0.15, 0.2) is 24.3 Å². The average Bonchev–Trinajstić information content (AvgIpc) is 3.15. The van der Waals surface area contributed by atoms with Crippen LogP contribution in [0.2, 0.25) is 5.02 Å². The van der Waals surface area contributed by atoms with Crippen LogP contribution in [0.1, 0.15) is 62.8 Å². The predicted molar refractivity (Wildman–Crippen MR) is 82.5 cm³/mol. The lowest BCUT2D eigenvalue weighted by Gasteiger charge is -2.23. The van der Waals surface area contributed by atoms with E-state index in [1.807, 2.05) is 16.8 Å². The van der Waals surface area contributed by atoms with Crippen molar-refractivity contribution in [1.82, 2.24) is 14.8 Å². The van der Waals surface area contributed by atoms with Gasteiger partial charge in [0, 0.05) is 10.9 Å². The molecule has 1 saturated carbocycles. The smallest absolute Gasteiger partial charge is 0.161 e. The number of nitrogens with zero attached hydrogens (tertiary/aromatic N) is 3. The number of aliphatic hydroxyl groups excluding tert-OH is 1. The summed E-state index contributed by atoms with van der Waals surface area (Å²) in [6.07, 6.45) is 1.46. The SMILES string of the molecule is CC(C)(C)n1nc(C2CC2)nc1C(O)c1cccc(Cl)c1. The summed E-state index contributed by atoms with van der Waals surface area (Å²) in [7, 11) is 0. The molecule has 1 heterocycles. The maximum atomic E-state index is 10.7. The van der Waals surface area contributed by atoms with Gasteiger partial charge in [-0.1, -0.05) is 23.7 Å². The van der Waals surface area contributed by atoms with Crippen LogP contribution in [0.3, 0.4) is 0 Å².